The van der Waals surface area contributed by atoms with Crippen LogP contribution in [0.25, 0.3) is 0 Å². The van der Waals surface area contributed by atoms with Crippen LogP contribution in [0, 0.1) is 5.82 Å². The molecule has 0 unspecified atom stereocenters. The summed E-state index contributed by atoms with van der Waals surface area (Å²) in [5, 5.41) is 3.91. The predicted molar refractivity (Wildman–Crippen MR) is 125 cm³/mol. The van der Waals surface area contributed by atoms with Gasteiger partial charge in [-0.3, -0.25) is 4.79 Å². The molecule has 1 amide bonds. The molecule has 2 aromatic carbocycles. The Morgan fingerprint density at radius 1 is 1.17 bits per heavy atom. The highest BCUT2D eigenvalue weighted by Gasteiger charge is 2.16. The third kappa shape index (κ3) is 7.29. The number of hydrogen-bond donors (Lipinski definition) is 1. The zero-order valence-corrected chi connectivity index (χ0v) is 19.2. The summed E-state index contributed by atoms with van der Waals surface area (Å²) >= 11 is 5.87. The van der Waals surface area contributed by atoms with E-state index in [0.29, 0.717) is 17.3 Å². The Labute approximate surface area is 194 Å². The molecule has 1 aliphatic rings. The van der Waals surface area contributed by atoms with E-state index in [0.717, 1.165) is 39.1 Å². The van der Waals surface area contributed by atoms with Crippen LogP contribution in [-0.2, 0) is 0 Å². The average molecular weight is 479 g/mol. The number of halogens is 4. The maximum absolute atomic E-state index is 14.4. The first kappa shape index (κ1) is 26.5. The number of carbonyl (C=O) groups is 1. The summed E-state index contributed by atoms with van der Waals surface area (Å²) in [6.45, 7) is 5.47. The largest absolute Gasteiger partial charge is 0.490 e. The fourth-order valence-corrected chi connectivity index (χ4v) is 3.26. The smallest absolute Gasteiger partial charge is 0.258 e. The molecule has 166 valence electrons. The van der Waals surface area contributed by atoms with E-state index < -0.39 is 5.82 Å². The summed E-state index contributed by atoms with van der Waals surface area (Å²) in [7, 11) is 1.64. The van der Waals surface area contributed by atoms with Crippen LogP contribution >= 0.6 is 36.4 Å². The number of nitrogens with zero attached hydrogens (tertiary/aromatic N) is 2. The van der Waals surface area contributed by atoms with E-state index >= 15 is 0 Å². The van der Waals surface area contributed by atoms with Gasteiger partial charge in [0.25, 0.3) is 5.91 Å². The lowest BCUT2D eigenvalue weighted by atomic mass is 10.1. The van der Waals surface area contributed by atoms with E-state index in [1.807, 2.05) is 0 Å². The van der Waals surface area contributed by atoms with Crippen molar-refractivity contribution in [2.24, 2.45) is 0 Å². The topological polar surface area (TPSA) is 44.8 Å². The molecule has 1 fully saturated rings. The van der Waals surface area contributed by atoms with Crippen molar-refractivity contribution in [2.75, 3.05) is 51.3 Å². The number of nitrogens with one attached hydrogen (secondary N) is 1. The van der Waals surface area contributed by atoms with E-state index in [1.54, 1.807) is 37.4 Å². The van der Waals surface area contributed by atoms with Crippen LogP contribution in [0.15, 0.2) is 42.5 Å². The lowest BCUT2D eigenvalue weighted by Gasteiger charge is -2.27. The minimum atomic E-state index is -0.530. The van der Waals surface area contributed by atoms with Crippen LogP contribution < -0.4 is 15.0 Å². The second-order valence-corrected chi connectivity index (χ2v) is 7.22. The zero-order valence-electron chi connectivity index (χ0n) is 16.8. The molecular formula is C21H27Cl3FN3O2. The first-order valence-electron chi connectivity index (χ1n) is 9.43. The Morgan fingerprint density at radius 2 is 1.83 bits per heavy atom. The third-order valence-electron chi connectivity index (χ3n) is 4.78. The van der Waals surface area contributed by atoms with Crippen molar-refractivity contribution < 1.29 is 13.9 Å². The van der Waals surface area contributed by atoms with Crippen molar-refractivity contribution in [1.82, 2.24) is 10.2 Å². The fraction of sp³-hybridized carbons (Fsp3) is 0.381. The normalized spacial score (nSPS) is 13.7. The predicted octanol–water partition coefficient (Wildman–Crippen LogP) is 4.27. The lowest BCUT2D eigenvalue weighted by molar-refractivity contribution is 0.0992. The molecule has 0 saturated carbocycles. The molecular weight excluding hydrogens is 452 g/mol. The molecule has 0 aromatic heterocycles. The molecule has 5 nitrogen and oxygen atoms in total. The molecule has 1 N–H and O–H groups in total. The highest BCUT2D eigenvalue weighted by molar-refractivity contribution is 6.30. The summed E-state index contributed by atoms with van der Waals surface area (Å²) in [5.74, 6) is -0.657. The Morgan fingerprint density at radius 3 is 2.47 bits per heavy atom. The van der Waals surface area contributed by atoms with Crippen molar-refractivity contribution in [3.63, 3.8) is 0 Å². The summed E-state index contributed by atoms with van der Waals surface area (Å²) < 4.78 is 19.9. The second kappa shape index (κ2) is 13.0. The molecule has 1 aliphatic heterocycles. The molecule has 0 radical (unpaired) electrons. The number of anilines is 1. The summed E-state index contributed by atoms with van der Waals surface area (Å²) in [6, 6.07) is 11.2. The Bertz CT molecular complexity index is 803. The number of carbonyl (C=O) groups excluding carboxylic acids is 1. The van der Waals surface area contributed by atoms with Crippen LogP contribution in [-0.4, -0.2) is 57.2 Å². The number of hydrogen-bond acceptors (Lipinski definition) is 4. The van der Waals surface area contributed by atoms with Crippen molar-refractivity contribution >= 4 is 48.0 Å². The monoisotopic (exact) mass is 477 g/mol. The van der Waals surface area contributed by atoms with E-state index in [2.05, 4.69) is 10.2 Å². The highest BCUT2D eigenvalue weighted by atomic mass is 35.5. The van der Waals surface area contributed by atoms with Gasteiger partial charge in [-0.1, -0.05) is 11.6 Å². The Hall–Kier alpha value is -1.57. The molecule has 0 bridgehead atoms. The van der Waals surface area contributed by atoms with Gasteiger partial charge >= 0.3 is 0 Å². The molecule has 3 rings (SSSR count). The van der Waals surface area contributed by atoms with Gasteiger partial charge in [0.2, 0.25) is 0 Å². The zero-order chi connectivity index (χ0) is 19.9. The van der Waals surface area contributed by atoms with Gasteiger partial charge in [-0.25, -0.2) is 4.39 Å². The minimum Gasteiger partial charge on any atom is -0.490 e. The van der Waals surface area contributed by atoms with Gasteiger partial charge in [0.15, 0.2) is 11.6 Å². The summed E-state index contributed by atoms with van der Waals surface area (Å²) in [6.07, 6.45) is 0.833. The van der Waals surface area contributed by atoms with Crippen molar-refractivity contribution in [3.05, 3.63) is 58.9 Å². The number of amides is 1. The van der Waals surface area contributed by atoms with E-state index in [1.165, 1.54) is 17.0 Å². The second-order valence-electron chi connectivity index (χ2n) is 6.78. The van der Waals surface area contributed by atoms with E-state index in [9.17, 15) is 9.18 Å². The van der Waals surface area contributed by atoms with Gasteiger partial charge in [-0.05, 0) is 48.9 Å². The Kier molecular flexibility index (Phi) is 11.4. The molecule has 1 heterocycles. The minimum absolute atomic E-state index is 0. The maximum atomic E-state index is 14.4. The van der Waals surface area contributed by atoms with Crippen LogP contribution in [0.5, 0.6) is 5.75 Å². The van der Waals surface area contributed by atoms with Gasteiger partial charge < -0.3 is 19.9 Å². The highest BCUT2D eigenvalue weighted by Crippen LogP contribution is 2.22. The van der Waals surface area contributed by atoms with Gasteiger partial charge in [0.1, 0.15) is 0 Å². The van der Waals surface area contributed by atoms with Gasteiger partial charge in [0, 0.05) is 56.0 Å². The van der Waals surface area contributed by atoms with Gasteiger partial charge in [-0.2, -0.15) is 0 Å². The van der Waals surface area contributed by atoms with Crippen molar-refractivity contribution in [3.8, 4) is 5.75 Å². The number of rotatable bonds is 7. The Balaban J connectivity index is 0.00000225. The van der Waals surface area contributed by atoms with Crippen LogP contribution in [0.3, 0.4) is 0 Å². The number of ether oxygens (including phenoxy) is 1. The molecule has 1 saturated heterocycles. The van der Waals surface area contributed by atoms with Crippen LogP contribution in [0.4, 0.5) is 10.1 Å². The molecule has 0 atom stereocenters. The molecule has 0 aliphatic carbocycles. The SMILES string of the molecule is CN(C(=O)c1ccc(OCCCN2CCNCC2)c(F)c1)c1ccc(Cl)cc1.Cl.Cl. The fourth-order valence-electron chi connectivity index (χ4n) is 3.13. The third-order valence-corrected chi connectivity index (χ3v) is 5.04. The van der Waals surface area contributed by atoms with E-state index in [-0.39, 0.29) is 42.0 Å². The lowest BCUT2D eigenvalue weighted by Crippen LogP contribution is -2.43. The van der Waals surface area contributed by atoms with Gasteiger partial charge in [-0.15, -0.1) is 24.8 Å². The van der Waals surface area contributed by atoms with Crippen LogP contribution in [0.2, 0.25) is 5.02 Å². The summed E-state index contributed by atoms with van der Waals surface area (Å²) in [5.41, 5.74) is 0.950. The summed E-state index contributed by atoms with van der Waals surface area (Å²) in [4.78, 5) is 16.4. The number of benzene rings is 2. The first-order chi connectivity index (χ1) is 13.5. The maximum Gasteiger partial charge on any atom is 0.258 e. The van der Waals surface area contributed by atoms with Crippen molar-refractivity contribution in [2.45, 2.75) is 6.42 Å². The molecule has 9 heteroatoms. The molecule has 0 spiro atoms. The quantitative estimate of drug-likeness (QED) is 0.604. The van der Waals surface area contributed by atoms with Gasteiger partial charge in [0.05, 0.1) is 6.61 Å². The average Bonchev–Trinajstić information content (AvgIpc) is 2.72. The standard InChI is InChI=1S/C21H25ClFN3O2.2ClH/c1-25(18-6-4-17(22)5-7-18)21(27)16-3-8-20(19(23)15-16)28-14-2-11-26-12-9-24-10-13-26;;/h3-8,15,24H,2,9-14H2,1H3;2*1H. The van der Waals surface area contributed by atoms with E-state index in [4.69, 9.17) is 16.3 Å². The molecule has 2 aromatic rings. The van der Waals surface area contributed by atoms with Crippen molar-refractivity contribution in [1.29, 1.82) is 0 Å². The number of piperazine rings is 1. The first-order valence-corrected chi connectivity index (χ1v) is 9.81. The molecule has 30 heavy (non-hydrogen) atoms. The van der Waals surface area contributed by atoms with Crippen LogP contribution in [0.1, 0.15) is 16.8 Å².